The van der Waals surface area contributed by atoms with E-state index in [1.165, 1.54) is 0 Å². The standard InChI is InChI=1S/C23H25N5O2/c29-22-10-9-19(16-27(22)17-20-6-4-5-12-24-20)23(30)25-13-11-18-14-26-28(15-18)21-7-2-1-3-8-21/h1-8,12,14-15,19H,9-11,13,16-17H2,(H,25,30)/t19-/m0/s1. The van der Waals surface area contributed by atoms with E-state index in [0.29, 0.717) is 38.9 Å². The van der Waals surface area contributed by atoms with Gasteiger partial charge in [0.1, 0.15) is 0 Å². The first-order chi connectivity index (χ1) is 14.7. The summed E-state index contributed by atoms with van der Waals surface area (Å²) in [5.41, 5.74) is 2.91. The van der Waals surface area contributed by atoms with Gasteiger partial charge < -0.3 is 10.2 Å². The lowest BCUT2D eigenvalue weighted by Crippen LogP contribution is -2.45. The van der Waals surface area contributed by atoms with Crippen LogP contribution in [0.2, 0.25) is 0 Å². The van der Waals surface area contributed by atoms with Crippen LogP contribution in [0.1, 0.15) is 24.1 Å². The van der Waals surface area contributed by atoms with E-state index >= 15 is 0 Å². The number of benzene rings is 1. The molecule has 2 aromatic heterocycles. The summed E-state index contributed by atoms with van der Waals surface area (Å²) in [4.78, 5) is 30.9. The van der Waals surface area contributed by atoms with E-state index in [9.17, 15) is 9.59 Å². The summed E-state index contributed by atoms with van der Waals surface area (Å²) in [7, 11) is 0. The quantitative estimate of drug-likeness (QED) is 0.657. The summed E-state index contributed by atoms with van der Waals surface area (Å²) in [5.74, 6) is -0.0968. The van der Waals surface area contributed by atoms with Crippen LogP contribution in [0.15, 0.2) is 67.1 Å². The van der Waals surface area contributed by atoms with Gasteiger partial charge in [0.2, 0.25) is 11.8 Å². The number of pyridine rings is 1. The molecule has 1 aliphatic rings. The van der Waals surface area contributed by atoms with Crippen molar-refractivity contribution in [3.8, 4) is 5.69 Å². The summed E-state index contributed by atoms with van der Waals surface area (Å²) in [5, 5.41) is 7.41. The number of para-hydroxylation sites is 1. The van der Waals surface area contributed by atoms with E-state index in [2.05, 4.69) is 15.4 Å². The molecule has 3 aromatic rings. The molecule has 7 nitrogen and oxygen atoms in total. The summed E-state index contributed by atoms with van der Waals surface area (Å²) in [6.07, 6.45) is 7.22. The first kappa shape index (κ1) is 19.8. The Morgan fingerprint density at radius 2 is 1.97 bits per heavy atom. The van der Waals surface area contributed by atoms with E-state index in [1.54, 1.807) is 11.1 Å². The third-order valence-corrected chi connectivity index (χ3v) is 5.32. The number of hydrogen-bond donors (Lipinski definition) is 1. The third-order valence-electron chi connectivity index (χ3n) is 5.32. The molecule has 7 heteroatoms. The Morgan fingerprint density at radius 1 is 1.13 bits per heavy atom. The van der Waals surface area contributed by atoms with Crippen LogP contribution in [0, 0.1) is 5.92 Å². The molecule has 1 N–H and O–H groups in total. The van der Waals surface area contributed by atoms with Crippen LogP contribution in [0.3, 0.4) is 0 Å². The lowest BCUT2D eigenvalue weighted by molar-refractivity contribution is -0.138. The fourth-order valence-electron chi connectivity index (χ4n) is 3.65. The van der Waals surface area contributed by atoms with E-state index in [-0.39, 0.29) is 17.7 Å². The molecular formula is C23H25N5O2. The third kappa shape index (κ3) is 4.92. The molecule has 1 aromatic carbocycles. The van der Waals surface area contributed by atoms with Crippen LogP contribution in [-0.4, -0.2) is 44.6 Å². The van der Waals surface area contributed by atoms with Gasteiger partial charge in [-0.05, 0) is 42.7 Å². The van der Waals surface area contributed by atoms with Gasteiger partial charge in [0.25, 0.3) is 0 Å². The molecule has 30 heavy (non-hydrogen) atoms. The van der Waals surface area contributed by atoms with Crippen molar-refractivity contribution >= 4 is 11.8 Å². The van der Waals surface area contributed by atoms with Crippen LogP contribution in [0.5, 0.6) is 0 Å². The lowest BCUT2D eigenvalue weighted by atomic mass is 9.96. The number of amides is 2. The molecule has 3 heterocycles. The molecule has 0 radical (unpaired) electrons. The first-order valence-corrected chi connectivity index (χ1v) is 10.2. The molecule has 0 saturated carbocycles. The number of hydrogen-bond acceptors (Lipinski definition) is 4. The summed E-state index contributed by atoms with van der Waals surface area (Å²) in [6.45, 7) is 1.43. The number of carbonyl (C=O) groups is 2. The van der Waals surface area contributed by atoms with Crippen LogP contribution in [-0.2, 0) is 22.6 Å². The topological polar surface area (TPSA) is 80.1 Å². The number of rotatable bonds is 7. The van der Waals surface area contributed by atoms with Gasteiger partial charge in [0, 0.05) is 31.9 Å². The monoisotopic (exact) mass is 403 g/mol. The number of nitrogens with one attached hydrogen (secondary N) is 1. The molecule has 0 spiro atoms. The van der Waals surface area contributed by atoms with Crippen LogP contribution < -0.4 is 5.32 Å². The Hall–Kier alpha value is -3.48. The summed E-state index contributed by atoms with van der Waals surface area (Å²) < 4.78 is 1.83. The molecular weight excluding hydrogens is 378 g/mol. The van der Waals surface area contributed by atoms with E-state index in [0.717, 1.165) is 16.9 Å². The average molecular weight is 403 g/mol. The van der Waals surface area contributed by atoms with Gasteiger partial charge in [-0.15, -0.1) is 0 Å². The van der Waals surface area contributed by atoms with Gasteiger partial charge in [-0.1, -0.05) is 24.3 Å². The maximum absolute atomic E-state index is 12.6. The van der Waals surface area contributed by atoms with Crippen molar-refractivity contribution in [2.45, 2.75) is 25.8 Å². The van der Waals surface area contributed by atoms with Crippen LogP contribution >= 0.6 is 0 Å². The minimum absolute atomic E-state index is 0.00368. The highest BCUT2D eigenvalue weighted by molar-refractivity contribution is 5.83. The zero-order valence-corrected chi connectivity index (χ0v) is 16.8. The molecule has 1 atom stereocenters. The van der Waals surface area contributed by atoms with Gasteiger partial charge in [0.15, 0.2) is 0 Å². The number of aromatic nitrogens is 3. The highest BCUT2D eigenvalue weighted by Gasteiger charge is 2.30. The largest absolute Gasteiger partial charge is 0.355 e. The fraction of sp³-hybridized carbons (Fsp3) is 0.304. The maximum Gasteiger partial charge on any atom is 0.224 e. The van der Waals surface area contributed by atoms with Crippen molar-refractivity contribution in [3.05, 3.63) is 78.4 Å². The van der Waals surface area contributed by atoms with Gasteiger partial charge in [0.05, 0.1) is 30.0 Å². The van der Waals surface area contributed by atoms with Crippen molar-refractivity contribution in [2.24, 2.45) is 5.92 Å². The van der Waals surface area contributed by atoms with E-state index < -0.39 is 0 Å². The van der Waals surface area contributed by atoms with Crippen molar-refractivity contribution < 1.29 is 9.59 Å². The number of likely N-dealkylation sites (tertiary alicyclic amines) is 1. The second-order valence-corrected chi connectivity index (χ2v) is 7.50. The van der Waals surface area contributed by atoms with Crippen molar-refractivity contribution in [2.75, 3.05) is 13.1 Å². The highest BCUT2D eigenvalue weighted by Crippen LogP contribution is 2.19. The Labute approximate surface area is 175 Å². The minimum atomic E-state index is -0.182. The van der Waals surface area contributed by atoms with Crippen LogP contribution in [0.4, 0.5) is 0 Å². The smallest absolute Gasteiger partial charge is 0.224 e. The van der Waals surface area contributed by atoms with Gasteiger partial charge in [-0.25, -0.2) is 4.68 Å². The normalized spacial score (nSPS) is 16.5. The van der Waals surface area contributed by atoms with Crippen molar-refractivity contribution in [3.63, 3.8) is 0 Å². The molecule has 0 bridgehead atoms. The van der Waals surface area contributed by atoms with Crippen LogP contribution in [0.25, 0.3) is 5.69 Å². The van der Waals surface area contributed by atoms with Gasteiger partial charge >= 0.3 is 0 Å². The molecule has 1 fully saturated rings. The molecule has 2 amide bonds. The molecule has 4 rings (SSSR count). The van der Waals surface area contributed by atoms with Gasteiger partial charge in [-0.3, -0.25) is 14.6 Å². The Kier molecular flexibility index (Phi) is 6.17. The minimum Gasteiger partial charge on any atom is -0.355 e. The Bertz CT molecular complexity index is 987. The zero-order valence-electron chi connectivity index (χ0n) is 16.8. The first-order valence-electron chi connectivity index (χ1n) is 10.2. The maximum atomic E-state index is 12.6. The molecule has 1 aliphatic heterocycles. The van der Waals surface area contributed by atoms with Crippen molar-refractivity contribution in [1.29, 1.82) is 0 Å². The number of carbonyl (C=O) groups excluding carboxylic acids is 2. The predicted octanol–water partition coefficient (Wildman–Crippen LogP) is 2.36. The predicted molar refractivity (Wildman–Crippen MR) is 113 cm³/mol. The number of piperidine rings is 1. The summed E-state index contributed by atoms with van der Waals surface area (Å²) in [6, 6.07) is 15.6. The lowest BCUT2D eigenvalue weighted by Gasteiger charge is -2.31. The second kappa shape index (κ2) is 9.35. The molecule has 1 saturated heterocycles. The zero-order chi connectivity index (χ0) is 20.8. The second-order valence-electron chi connectivity index (χ2n) is 7.50. The van der Waals surface area contributed by atoms with E-state index in [1.807, 2.05) is 65.6 Å². The summed E-state index contributed by atoms with van der Waals surface area (Å²) >= 11 is 0. The number of nitrogens with zero attached hydrogens (tertiary/aromatic N) is 4. The molecule has 0 unspecified atom stereocenters. The van der Waals surface area contributed by atoms with Crippen molar-refractivity contribution in [1.82, 2.24) is 25.0 Å². The fourth-order valence-corrected chi connectivity index (χ4v) is 3.65. The van der Waals surface area contributed by atoms with Gasteiger partial charge in [-0.2, -0.15) is 5.10 Å². The Morgan fingerprint density at radius 3 is 2.77 bits per heavy atom. The van der Waals surface area contributed by atoms with E-state index in [4.69, 9.17) is 0 Å². The highest BCUT2D eigenvalue weighted by atomic mass is 16.2. The Balaban J connectivity index is 1.27. The average Bonchev–Trinajstić information content (AvgIpc) is 3.25. The molecule has 154 valence electrons. The SMILES string of the molecule is O=C(NCCc1cnn(-c2ccccc2)c1)[C@H]1CCC(=O)N(Cc2ccccn2)C1. The molecule has 0 aliphatic carbocycles.